The fourth-order valence-corrected chi connectivity index (χ4v) is 3.39. The molecule has 2 heterocycles. The number of hydrogen-bond acceptors (Lipinski definition) is 4. The Bertz CT molecular complexity index is 860. The molecule has 22 heavy (non-hydrogen) atoms. The van der Waals surface area contributed by atoms with Crippen LogP contribution in [-0.4, -0.2) is 24.9 Å². The Morgan fingerprint density at radius 1 is 1.18 bits per heavy atom. The van der Waals surface area contributed by atoms with Gasteiger partial charge in [-0.25, -0.2) is 15.0 Å². The van der Waals surface area contributed by atoms with E-state index in [1.165, 1.54) is 6.33 Å². The van der Waals surface area contributed by atoms with Crippen molar-refractivity contribution in [2.45, 2.75) is 24.3 Å². The van der Waals surface area contributed by atoms with Crippen molar-refractivity contribution in [2.75, 3.05) is 5.73 Å². The molecular formula is C15H13Cl2N5. The van der Waals surface area contributed by atoms with Crippen LogP contribution in [0.3, 0.4) is 0 Å². The Hall–Kier alpha value is -1.85. The molecule has 1 aliphatic carbocycles. The van der Waals surface area contributed by atoms with Gasteiger partial charge in [0.25, 0.3) is 0 Å². The predicted octanol–water partition coefficient (Wildman–Crippen LogP) is 3.67. The fourth-order valence-electron chi connectivity index (χ4n) is 2.81. The van der Waals surface area contributed by atoms with E-state index in [4.69, 9.17) is 28.9 Å². The van der Waals surface area contributed by atoms with Crippen LogP contribution in [0.2, 0.25) is 5.02 Å². The van der Waals surface area contributed by atoms with Crippen LogP contribution in [-0.2, 0) is 0 Å². The lowest BCUT2D eigenvalue weighted by Gasteiger charge is -2.34. The molecule has 0 spiro atoms. The summed E-state index contributed by atoms with van der Waals surface area (Å²) in [6.45, 7) is 0. The third-order valence-electron chi connectivity index (χ3n) is 4.11. The van der Waals surface area contributed by atoms with Crippen LogP contribution in [0.4, 0.5) is 5.82 Å². The lowest BCUT2D eigenvalue weighted by atomic mass is 9.91. The first-order valence-electron chi connectivity index (χ1n) is 7.04. The monoisotopic (exact) mass is 333 g/mol. The number of halogens is 2. The average molecular weight is 334 g/mol. The van der Waals surface area contributed by atoms with Crippen LogP contribution in [0.25, 0.3) is 22.6 Å². The van der Waals surface area contributed by atoms with Gasteiger partial charge >= 0.3 is 0 Å². The summed E-state index contributed by atoms with van der Waals surface area (Å²) in [7, 11) is 0. The van der Waals surface area contributed by atoms with Crippen molar-refractivity contribution in [2.24, 2.45) is 0 Å². The highest BCUT2D eigenvalue weighted by Gasteiger charge is 2.34. The molecular weight excluding hydrogens is 321 g/mol. The average Bonchev–Trinajstić information content (AvgIpc) is 2.87. The van der Waals surface area contributed by atoms with E-state index >= 15 is 0 Å². The molecule has 0 bridgehead atoms. The number of nitrogen functional groups attached to an aromatic ring is 1. The van der Waals surface area contributed by atoms with E-state index in [2.05, 4.69) is 19.5 Å². The highest BCUT2D eigenvalue weighted by atomic mass is 35.5. The SMILES string of the molecule is Nc1ncnc2c1nc(-c1ccccc1Cl)n2C1CC[C@H]1Cl. The standard InChI is InChI=1S/C15H13Cl2N5/c16-9-4-2-1-3-8(9)14-21-12-13(18)19-7-20-15(12)22(14)11-6-5-10(11)17/h1-4,7,10-11H,5-6H2,(H2,18,19,20)/t10-,11?/m1/s1. The van der Waals surface area contributed by atoms with Gasteiger partial charge in [0.15, 0.2) is 17.0 Å². The largest absolute Gasteiger partial charge is 0.382 e. The number of fused-ring (bicyclic) bond motifs is 1. The summed E-state index contributed by atoms with van der Waals surface area (Å²) in [5.74, 6) is 1.10. The molecule has 1 aliphatic rings. The minimum atomic E-state index is 0.0647. The molecule has 4 rings (SSSR count). The minimum absolute atomic E-state index is 0.0647. The molecule has 0 radical (unpaired) electrons. The van der Waals surface area contributed by atoms with Crippen LogP contribution >= 0.6 is 23.2 Å². The van der Waals surface area contributed by atoms with Gasteiger partial charge in [0.1, 0.15) is 12.2 Å². The second-order valence-corrected chi connectivity index (χ2v) is 6.34. The lowest BCUT2D eigenvalue weighted by Crippen LogP contribution is -2.30. The van der Waals surface area contributed by atoms with Crippen LogP contribution < -0.4 is 5.73 Å². The van der Waals surface area contributed by atoms with Gasteiger partial charge in [0, 0.05) is 5.56 Å². The summed E-state index contributed by atoms with van der Waals surface area (Å²) < 4.78 is 2.05. The van der Waals surface area contributed by atoms with Crippen molar-refractivity contribution in [3.8, 4) is 11.4 Å². The number of nitrogens with zero attached hydrogens (tertiary/aromatic N) is 4. The minimum Gasteiger partial charge on any atom is -0.382 e. The van der Waals surface area contributed by atoms with Crippen LogP contribution in [0.1, 0.15) is 18.9 Å². The van der Waals surface area contributed by atoms with Gasteiger partial charge < -0.3 is 10.3 Å². The van der Waals surface area contributed by atoms with Gasteiger partial charge in [-0.05, 0) is 25.0 Å². The quantitative estimate of drug-likeness (QED) is 0.726. The Balaban J connectivity index is 2.03. The smallest absolute Gasteiger partial charge is 0.166 e. The normalized spacial score (nSPS) is 21.0. The summed E-state index contributed by atoms with van der Waals surface area (Å²) in [4.78, 5) is 13.0. The first-order chi connectivity index (χ1) is 10.7. The van der Waals surface area contributed by atoms with Crippen molar-refractivity contribution in [1.82, 2.24) is 19.5 Å². The van der Waals surface area contributed by atoms with Crippen LogP contribution in [0.15, 0.2) is 30.6 Å². The molecule has 1 saturated carbocycles. The fraction of sp³-hybridized carbons (Fsp3) is 0.267. The van der Waals surface area contributed by atoms with Crippen molar-refractivity contribution in [1.29, 1.82) is 0 Å². The molecule has 0 aliphatic heterocycles. The van der Waals surface area contributed by atoms with Gasteiger partial charge in [0.2, 0.25) is 0 Å². The molecule has 5 nitrogen and oxygen atoms in total. The van der Waals surface area contributed by atoms with Gasteiger partial charge in [0.05, 0.1) is 16.4 Å². The Labute approximate surface area is 137 Å². The molecule has 0 saturated heterocycles. The maximum absolute atomic E-state index is 6.39. The molecule has 112 valence electrons. The number of hydrogen-bond donors (Lipinski definition) is 1. The van der Waals surface area contributed by atoms with Crippen molar-refractivity contribution in [3.63, 3.8) is 0 Å². The predicted molar refractivity (Wildman–Crippen MR) is 88.1 cm³/mol. The van der Waals surface area contributed by atoms with Crippen molar-refractivity contribution >= 4 is 40.2 Å². The van der Waals surface area contributed by atoms with Crippen molar-refractivity contribution in [3.05, 3.63) is 35.6 Å². The number of imidazole rings is 1. The van der Waals surface area contributed by atoms with Gasteiger partial charge in [-0.1, -0.05) is 23.7 Å². The number of benzene rings is 1. The lowest BCUT2D eigenvalue weighted by molar-refractivity contribution is 0.330. The molecule has 2 aromatic heterocycles. The zero-order chi connectivity index (χ0) is 15.3. The van der Waals surface area contributed by atoms with Crippen LogP contribution in [0.5, 0.6) is 0 Å². The van der Waals surface area contributed by atoms with E-state index < -0.39 is 0 Å². The third kappa shape index (κ3) is 1.96. The molecule has 2 atom stereocenters. The summed E-state index contributed by atoms with van der Waals surface area (Å²) >= 11 is 12.7. The maximum Gasteiger partial charge on any atom is 0.166 e. The molecule has 3 aromatic rings. The van der Waals surface area contributed by atoms with E-state index in [0.29, 0.717) is 22.0 Å². The first kappa shape index (κ1) is 13.8. The van der Waals surface area contributed by atoms with E-state index in [0.717, 1.165) is 24.2 Å². The second-order valence-electron chi connectivity index (χ2n) is 5.38. The third-order valence-corrected chi connectivity index (χ3v) is 4.95. The highest BCUT2D eigenvalue weighted by molar-refractivity contribution is 6.33. The molecule has 1 aromatic carbocycles. The zero-order valence-corrected chi connectivity index (χ0v) is 13.1. The number of aromatic nitrogens is 4. The number of nitrogens with two attached hydrogens (primary N) is 1. The maximum atomic E-state index is 6.39. The van der Waals surface area contributed by atoms with Crippen molar-refractivity contribution < 1.29 is 0 Å². The van der Waals surface area contributed by atoms with E-state index in [9.17, 15) is 0 Å². The van der Waals surface area contributed by atoms with E-state index in [-0.39, 0.29) is 11.4 Å². The Kier molecular flexibility index (Phi) is 3.20. The first-order valence-corrected chi connectivity index (χ1v) is 7.85. The molecule has 7 heteroatoms. The van der Waals surface area contributed by atoms with Gasteiger partial charge in [-0.15, -0.1) is 11.6 Å². The molecule has 1 unspecified atom stereocenters. The molecule has 0 amide bonds. The molecule has 2 N–H and O–H groups in total. The second kappa shape index (κ2) is 5.11. The van der Waals surface area contributed by atoms with Gasteiger partial charge in [-0.2, -0.15) is 0 Å². The summed E-state index contributed by atoms with van der Waals surface area (Å²) in [6, 6.07) is 7.74. The van der Waals surface area contributed by atoms with E-state index in [1.807, 2.05) is 24.3 Å². The topological polar surface area (TPSA) is 69.6 Å². The number of anilines is 1. The Morgan fingerprint density at radius 2 is 2.00 bits per heavy atom. The summed E-state index contributed by atoms with van der Waals surface area (Å²) in [5, 5.41) is 0.700. The van der Waals surface area contributed by atoms with Crippen LogP contribution in [0, 0.1) is 0 Å². The molecule has 1 fully saturated rings. The summed E-state index contributed by atoms with van der Waals surface area (Å²) in [6.07, 6.45) is 3.42. The highest BCUT2D eigenvalue weighted by Crippen LogP contribution is 2.42. The number of alkyl halides is 1. The summed E-state index contributed by atoms with van der Waals surface area (Å²) in [5.41, 5.74) is 8.10. The van der Waals surface area contributed by atoms with E-state index in [1.54, 1.807) is 0 Å². The number of rotatable bonds is 2. The van der Waals surface area contributed by atoms with Gasteiger partial charge in [-0.3, -0.25) is 0 Å². The Morgan fingerprint density at radius 3 is 2.68 bits per heavy atom. The zero-order valence-electron chi connectivity index (χ0n) is 11.6.